The van der Waals surface area contributed by atoms with Crippen molar-refractivity contribution in [2.45, 2.75) is 53.6 Å². The smallest absolute Gasteiger partial charge is 0.0626 e. The van der Waals surface area contributed by atoms with E-state index in [0.717, 1.165) is 18.4 Å². The van der Waals surface area contributed by atoms with Crippen LogP contribution in [-0.2, 0) is 4.74 Å². The summed E-state index contributed by atoms with van der Waals surface area (Å²) < 4.78 is 5.82. The van der Waals surface area contributed by atoms with E-state index in [0.29, 0.717) is 11.5 Å². The molecule has 13 heavy (non-hydrogen) atoms. The Morgan fingerprint density at radius 3 is 2.31 bits per heavy atom. The topological polar surface area (TPSA) is 9.23 Å². The highest BCUT2D eigenvalue weighted by atomic mass is 16.5. The van der Waals surface area contributed by atoms with Gasteiger partial charge in [-0.05, 0) is 30.1 Å². The largest absolute Gasteiger partial charge is 0.378 e. The van der Waals surface area contributed by atoms with Crippen LogP contribution in [0, 0.1) is 17.3 Å². The Balaban J connectivity index is 2.52. The van der Waals surface area contributed by atoms with Crippen molar-refractivity contribution in [1.29, 1.82) is 0 Å². The molecule has 1 saturated heterocycles. The van der Waals surface area contributed by atoms with Gasteiger partial charge in [-0.25, -0.2) is 0 Å². The molecule has 0 aromatic carbocycles. The van der Waals surface area contributed by atoms with E-state index in [1.807, 2.05) is 0 Å². The van der Waals surface area contributed by atoms with Crippen molar-refractivity contribution in [1.82, 2.24) is 0 Å². The number of hydrogen-bond acceptors (Lipinski definition) is 1. The first-order valence-electron chi connectivity index (χ1n) is 5.53. The third kappa shape index (κ3) is 2.98. The van der Waals surface area contributed by atoms with Crippen LogP contribution in [0.4, 0.5) is 0 Å². The molecule has 0 amide bonds. The molecular formula is C12H24O. The fourth-order valence-corrected chi connectivity index (χ4v) is 2.03. The van der Waals surface area contributed by atoms with Crippen molar-refractivity contribution in [3.63, 3.8) is 0 Å². The second kappa shape index (κ2) is 4.00. The first kappa shape index (κ1) is 11.0. The average Bonchev–Trinajstić information content (AvgIpc) is 2.03. The van der Waals surface area contributed by atoms with E-state index in [-0.39, 0.29) is 0 Å². The zero-order valence-corrected chi connectivity index (χ0v) is 9.76. The molecule has 1 nitrogen and oxygen atoms in total. The minimum absolute atomic E-state index is 0.313. The van der Waals surface area contributed by atoms with Gasteiger partial charge in [0.05, 0.1) is 6.10 Å². The van der Waals surface area contributed by atoms with Crippen LogP contribution < -0.4 is 0 Å². The van der Waals surface area contributed by atoms with Gasteiger partial charge in [-0.1, -0.05) is 34.6 Å². The van der Waals surface area contributed by atoms with Crippen molar-refractivity contribution in [3.05, 3.63) is 0 Å². The Hall–Kier alpha value is -0.0400. The predicted molar refractivity (Wildman–Crippen MR) is 56.8 cm³/mol. The minimum Gasteiger partial charge on any atom is -0.378 e. The molecular weight excluding hydrogens is 160 g/mol. The summed E-state index contributed by atoms with van der Waals surface area (Å²) >= 11 is 0. The van der Waals surface area contributed by atoms with Crippen LogP contribution in [0.1, 0.15) is 47.5 Å². The molecule has 0 saturated carbocycles. The molecule has 0 N–H and O–H groups in total. The standard InChI is InChI=1S/C12H24O/c1-9(2)10-6-7-13-11(8-10)12(3,4)5/h9-11H,6-8H2,1-5H3. The van der Waals surface area contributed by atoms with Gasteiger partial charge in [0.1, 0.15) is 0 Å². The van der Waals surface area contributed by atoms with Gasteiger partial charge in [-0.15, -0.1) is 0 Å². The maximum absolute atomic E-state index is 5.82. The predicted octanol–water partition coefficient (Wildman–Crippen LogP) is 3.48. The van der Waals surface area contributed by atoms with Crippen LogP contribution in [0.3, 0.4) is 0 Å². The monoisotopic (exact) mass is 184 g/mol. The van der Waals surface area contributed by atoms with Crippen LogP contribution >= 0.6 is 0 Å². The van der Waals surface area contributed by atoms with Gasteiger partial charge in [0.2, 0.25) is 0 Å². The molecule has 0 aliphatic carbocycles. The van der Waals surface area contributed by atoms with E-state index in [2.05, 4.69) is 34.6 Å². The molecule has 0 aromatic rings. The fraction of sp³-hybridized carbons (Fsp3) is 1.00. The Morgan fingerprint density at radius 2 is 1.85 bits per heavy atom. The summed E-state index contributed by atoms with van der Waals surface area (Å²) in [6, 6.07) is 0. The van der Waals surface area contributed by atoms with E-state index in [1.165, 1.54) is 12.8 Å². The molecule has 1 aliphatic heterocycles. The third-order valence-electron chi connectivity index (χ3n) is 3.23. The van der Waals surface area contributed by atoms with Crippen molar-refractivity contribution in [3.8, 4) is 0 Å². The molecule has 1 rings (SSSR count). The summed E-state index contributed by atoms with van der Waals surface area (Å²) in [5, 5.41) is 0. The lowest BCUT2D eigenvalue weighted by Gasteiger charge is -2.39. The molecule has 0 radical (unpaired) electrons. The van der Waals surface area contributed by atoms with Crippen LogP contribution in [0.5, 0.6) is 0 Å². The maximum Gasteiger partial charge on any atom is 0.0626 e. The van der Waals surface area contributed by atoms with Gasteiger partial charge in [-0.2, -0.15) is 0 Å². The molecule has 1 heteroatoms. The van der Waals surface area contributed by atoms with Gasteiger partial charge >= 0.3 is 0 Å². The van der Waals surface area contributed by atoms with Crippen molar-refractivity contribution >= 4 is 0 Å². The van der Waals surface area contributed by atoms with Crippen LogP contribution in [0.25, 0.3) is 0 Å². The van der Waals surface area contributed by atoms with Crippen LogP contribution in [0.15, 0.2) is 0 Å². The highest BCUT2D eigenvalue weighted by molar-refractivity contribution is 4.81. The van der Waals surface area contributed by atoms with Crippen molar-refractivity contribution in [2.75, 3.05) is 6.61 Å². The highest BCUT2D eigenvalue weighted by Gasteiger charge is 2.32. The highest BCUT2D eigenvalue weighted by Crippen LogP contribution is 2.35. The summed E-state index contributed by atoms with van der Waals surface area (Å²) in [5.74, 6) is 1.69. The van der Waals surface area contributed by atoms with Gasteiger partial charge in [0, 0.05) is 6.61 Å². The minimum atomic E-state index is 0.313. The lowest BCUT2D eigenvalue weighted by Crippen LogP contribution is -2.37. The van der Waals surface area contributed by atoms with Crippen LogP contribution in [0.2, 0.25) is 0 Å². The molecule has 0 bridgehead atoms. The first-order chi connectivity index (χ1) is 5.91. The molecule has 1 heterocycles. The fourth-order valence-electron chi connectivity index (χ4n) is 2.03. The molecule has 0 aromatic heterocycles. The summed E-state index contributed by atoms with van der Waals surface area (Å²) in [6.07, 6.45) is 2.97. The number of rotatable bonds is 1. The zero-order chi connectivity index (χ0) is 10.1. The van der Waals surface area contributed by atoms with E-state index in [4.69, 9.17) is 4.74 Å². The number of hydrogen-bond donors (Lipinski definition) is 0. The summed E-state index contributed by atoms with van der Waals surface area (Å²) in [5.41, 5.74) is 0.313. The SMILES string of the molecule is CC(C)C1CCOC(C(C)(C)C)C1. The average molecular weight is 184 g/mol. The van der Waals surface area contributed by atoms with E-state index >= 15 is 0 Å². The quantitative estimate of drug-likeness (QED) is 0.606. The van der Waals surface area contributed by atoms with Gasteiger partial charge in [0.15, 0.2) is 0 Å². The van der Waals surface area contributed by atoms with Gasteiger partial charge in [0.25, 0.3) is 0 Å². The van der Waals surface area contributed by atoms with E-state index in [9.17, 15) is 0 Å². The maximum atomic E-state index is 5.82. The normalized spacial score (nSPS) is 30.9. The first-order valence-corrected chi connectivity index (χ1v) is 5.53. The lowest BCUT2D eigenvalue weighted by atomic mass is 9.77. The Morgan fingerprint density at radius 1 is 1.23 bits per heavy atom. The Kier molecular flexibility index (Phi) is 3.39. The molecule has 0 spiro atoms. The molecule has 1 fully saturated rings. The lowest BCUT2D eigenvalue weighted by molar-refractivity contribution is -0.0736. The summed E-state index contributed by atoms with van der Waals surface area (Å²) in [7, 11) is 0. The molecule has 78 valence electrons. The van der Waals surface area contributed by atoms with Crippen molar-refractivity contribution in [2.24, 2.45) is 17.3 Å². The van der Waals surface area contributed by atoms with Crippen LogP contribution in [-0.4, -0.2) is 12.7 Å². The Bertz CT molecular complexity index is 155. The second-order valence-electron chi connectivity index (χ2n) is 5.75. The molecule has 2 atom stereocenters. The molecule has 2 unspecified atom stereocenters. The summed E-state index contributed by atoms with van der Waals surface area (Å²) in [4.78, 5) is 0. The summed E-state index contributed by atoms with van der Waals surface area (Å²) in [6.45, 7) is 12.5. The van der Waals surface area contributed by atoms with E-state index in [1.54, 1.807) is 0 Å². The Labute approximate surface area is 82.9 Å². The third-order valence-corrected chi connectivity index (χ3v) is 3.23. The second-order valence-corrected chi connectivity index (χ2v) is 5.75. The molecule has 1 aliphatic rings. The zero-order valence-electron chi connectivity index (χ0n) is 9.76. The number of ether oxygens (including phenoxy) is 1. The van der Waals surface area contributed by atoms with Crippen molar-refractivity contribution < 1.29 is 4.74 Å². The van der Waals surface area contributed by atoms with Gasteiger partial charge < -0.3 is 4.74 Å². The van der Waals surface area contributed by atoms with Gasteiger partial charge in [-0.3, -0.25) is 0 Å². The van der Waals surface area contributed by atoms with E-state index < -0.39 is 0 Å².